The maximum Gasteiger partial charge on any atom is 0.272 e. The summed E-state index contributed by atoms with van der Waals surface area (Å²) in [5.41, 5.74) is 3.65. The van der Waals surface area contributed by atoms with E-state index in [4.69, 9.17) is 0 Å². The van der Waals surface area contributed by atoms with Crippen molar-refractivity contribution < 1.29 is 4.79 Å². The number of carbonyl (C=O) groups excluding carboxylic acids is 1. The van der Waals surface area contributed by atoms with E-state index in [0.717, 1.165) is 25.0 Å². The van der Waals surface area contributed by atoms with Crippen LogP contribution in [0.4, 0.5) is 0 Å². The van der Waals surface area contributed by atoms with Gasteiger partial charge in [-0.1, -0.05) is 18.2 Å². The first kappa shape index (κ1) is 15.6. The Morgan fingerprint density at radius 1 is 1.20 bits per heavy atom. The summed E-state index contributed by atoms with van der Waals surface area (Å²) in [6.07, 6.45) is 3.17. The predicted molar refractivity (Wildman–Crippen MR) is 93.2 cm³/mol. The van der Waals surface area contributed by atoms with E-state index in [1.165, 1.54) is 11.3 Å². The van der Waals surface area contributed by atoms with Crippen molar-refractivity contribution in [1.29, 1.82) is 0 Å². The third kappa shape index (κ3) is 2.71. The van der Waals surface area contributed by atoms with Crippen molar-refractivity contribution in [1.82, 2.24) is 25.7 Å². The number of rotatable bonds is 4. The number of benzene rings is 1. The molecule has 0 saturated heterocycles. The minimum absolute atomic E-state index is 0.139. The summed E-state index contributed by atoms with van der Waals surface area (Å²) in [4.78, 5) is 24.5. The van der Waals surface area contributed by atoms with E-state index < -0.39 is 5.92 Å². The molecule has 1 unspecified atom stereocenters. The quantitative estimate of drug-likeness (QED) is 0.672. The number of amides is 1. The first-order chi connectivity index (χ1) is 12.1. The third-order valence-electron chi connectivity index (χ3n) is 4.85. The first-order valence-electron chi connectivity index (χ1n) is 8.45. The number of aromatic amines is 2. The van der Waals surface area contributed by atoms with E-state index in [2.05, 4.69) is 25.7 Å². The van der Waals surface area contributed by atoms with E-state index >= 15 is 0 Å². The number of aryl methyl sites for hydroxylation is 1. The van der Waals surface area contributed by atoms with Gasteiger partial charge in [0.05, 0.1) is 29.2 Å². The van der Waals surface area contributed by atoms with Crippen LogP contribution < -0.4 is 10.9 Å². The molecule has 3 N–H and O–H groups in total. The Kier molecular flexibility index (Phi) is 3.83. The Morgan fingerprint density at radius 3 is 2.84 bits per heavy atom. The van der Waals surface area contributed by atoms with Crippen molar-refractivity contribution in [2.75, 3.05) is 0 Å². The average Bonchev–Trinajstić information content (AvgIpc) is 3.24. The van der Waals surface area contributed by atoms with E-state index in [1.807, 2.05) is 12.1 Å². The van der Waals surface area contributed by atoms with E-state index in [-0.39, 0.29) is 11.5 Å². The van der Waals surface area contributed by atoms with Crippen molar-refractivity contribution in [2.45, 2.75) is 38.6 Å². The molecular weight excluding hydrogens is 318 g/mol. The summed E-state index contributed by atoms with van der Waals surface area (Å²) in [6.45, 7) is 2.19. The molecule has 3 aromatic rings. The Morgan fingerprint density at radius 2 is 2.00 bits per heavy atom. The standard InChI is InChI=1S/C18H19N5O2/c1-10(16-11-5-2-3-6-12(11)18(25)23-22-16)17(24)19-9-15-13-7-4-8-14(13)20-21-15/h2-3,5-6,10H,4,7-9H2,1H3,(H,19,24)(H,20,21)(H,23,25). The van der Waals surface area contributed by atoms with E-state index in [0.29, 0.717) is 23.0 Å². The molecule has 1 aromatic carbocycles. The van der Waals surface area contributed by atoms with Gasteiger partial charge in [0.1, 0.15) is 0 Å². The van der Waals surface area contributed by atoms with Crippen LogP contribution in [0.2, 0.25) is 0 Å². The molecule has 7 nitrogen and oxygen atoms in total. The van der Waals surface area contributed by atoms with Crippen LogP contribution >= 0.6 is 0 Å². The summed E-state index contributed by atoms with van der Waals surface area (Å²) in [7, 11) is 0. The lowest BCUT2D eigenvalue weighted by Gasteiger charge is -2.13. The fraction of sp³-hybridized carbons (Fsp3) is 0.333. The fourth-order valence-corrected chi connectivity index (χ4v) is 3.45. The number of carbonyl (C=O) groups is 1. The normalized spacial score (nSPS) is 14.4. The molecular formula is C18H19N5O2. The van der Waals surface area contributed by atoms with Crippen LogP contribution in [0.1, 0.15) is 41.9 Å². The molecule has 0 saturated carbocycles. The van der Waals surface area contributed by atoms with Crippen molar-refractivity contribution in [2.24, 2.45) is 0 Å². The highest BCUT2D eigenvalue weighted by atomic mass is 16.2. The van der Waals surface area contributed by atoms with Gasteiger partial charge in [-0.2, -0.15) is 10.2 Å². The highest BCUT2D eigenvalue weighted by molar-refractivity contribution is 5.90. The molecule has 1 aliphatic carbocycles. The van der Waals surface area contributed by atoms with Gasteiger partial charge in [0.15, 0.2) is 0 Å². The molecule has 1 aliphatic rings. The smallest absolute Gasteiger partial charge is 0.272 e. The summed E-state index contributed by atoms with van der Waals surface area (Å²) in [5, 5.41) is 18.1. The predicted octanol–water partition coefficient (Wildman–Crippen LogP) is 1.55. The van der Waals surface area contributed by atoms with Gasteiger partial charge in [-0.15, -0.1) is 0 Å². The van der Waals surface area contributed by atoms with Gasteiger partial charge in [0.25, 0.3) is 5.56 Å². The second kappa shape index (κ2) is 6.16. The number of hydrogen-bond donors (Lipinski definition) is 3. The molecule has 128 valence electrons. The summed E-state index contributed by atoms with van der Waals surface area (Å²) in [6, 6.07) is 7.18. The third-order valence-corrected chi connectivity index (χ3v) is 4.85. The number of nitrogens with one attached hydrogen (secondary N) is 3. The molecule has 2 heterocycles. The first-order valence-corrected chi connectivity index (χ1v) is 8.45. The van der Waals surface area contributed by atoms with Gasteiger partial charge in [0.2, 0.25) is 5.91 Å². The van der Waals surface area contributed by atoms with Gasteiger partial charge >= 0.3 is 0 Å². The lowest BCUT2D eigenvalue weighted by atomic mass is 10.0. The maximum absolute atomic E-state index is 12.6. The SMILES string of the molecule is CC(C(=O)NCc1n[nH]c2c1CCC2)c1n[nH]c(=O)c2ccccc12. The lowest BCUT2D eigenvalue weighted by Crippen LogP contribution is -2.29. The molecule has 1 atom stereocenters. The van der Waals surface area contributed by atoms with Crippen LogP contribution in [-0.4, -0.2) is 26.3 Å². The van der Waals surface area contributed by atoms with Gasteiger partial charge < -0.3 is 5.32 Å². The second-order valence-electron chi connectivity index (χ2n) is 6.40. The zero-order valence-corrected chi connectivity index (χ0v) is 13.9. The van der Waals surface area contributed by atoms with Crippen LogP contribution in [0.3, 0.4) is 0 Å². The molecule has 2 aromatic heterocycles. The molecule has 1 amide bonds. The minimum atomic E-state index is -0.478. The van der Waals surface area contributed by atoms with Crippen molar-refractivity contribution in [3.05, 3.63) is 57.3 Å². The van der Waals surface area contributed by atoms with Crippen LogP contribution in [0.25, 0.3) is 10.8 Å². The minimum Gasteiger partial charge on any atom is -0.350 e. The molecule has 0 fully saturated rings. The van der Waals surface area contributed by atoms with Gasteiger partial charge in [-0.3, -0.25) is 14.7 Å². The molecule has 4 rings (SSSR count). The summed E-state index contributed by atoms with van der Waals surface area (Å²) in [5.74, 6) is -0.617. The Labute approximate surface area is 143 Å². The monoisotopic (exact) mass is 337 g/mol. The Hall–Kier alpha value is -2.96. The molecule has 0 radical (unpaired) electrons. The van der Waals surface area contributed by atoms with Crippen molar-refractivity contribution in [3.63, 3.8) is 0 Å². The number of hydrogen-bond acceptors (Lipinski definition) is 4. The molecule has 25 heavy (non-hydrogen) atoms. The van der Waals surface area contributed by atoms with Crippen LogP contribution in [0.15, 0.2) is 29.1 Å². The van der Waals surface area contributed by atoms with Gasteiger partial charge in [-0.05, 0) is 37.8 Å². The highest BCUT2D eigenvalue weighted by Crippen LogP contribution is 2.23. The fourth-order valence-electron chi connectivity index (χ4n) is 3.45. The molecule has 7 heteroatoms. The highest BCUT2D eigenvalue weighted by Gasteiger charge is 2.22. The van der Waals surface area contributed by atoms with Gasteiger partial charge in [0, 0.05) is 11.1 Å². The lowest BCUT2D eigenvalue weighted by molar-refractivity contribution is -0.122. The largest absolute Gasteiger partial charge is 0.350 e. The van der Waals surface area contributed by atoms with Crippen LogP contribution in [-0.2, 0) is 24.2 Å². The van der Waals surface area contributed by atoms with E-state index in [1.54, 1.807) is 19.1 Å². The van der Waals surface area contributed by atoms with Crippen molar-refractivity contribution >= 4 is 16.7 Å². The summed E-state index contributed by atoms with van der Waals surface area (Å²) < 4.78 is 0. The zero-order chi connectivity index (χ0) is 17.4. The Bertz CT molecular complexity index is 1000. The topological polar surface area (TPSA) is 104 Å². The number of H-pyrrole nitrogens is 2. The second-order valence-corrected chi connectivity index (χ2v) is 6.40. The average molecular weight is 337 g/mol. The maximum atomic E-state index is 12.6. The Balaban J connectivity index is 1.54. The van der Waals surface area contributed by atoms with Gasteiger partial charge in [-0.25, -0.2) is 5.10 Å². The number of nitrogens with zero attached hydrogens (tertiary/aromatic N) is 2. The number of fused-ring (bicyclic) bond motifs is 2. The molecule has 0 bridgehead atoms. The number of aromatic nitrogens is 4. The zero-order valence-electron chi connectivity index (χ0n) is 13.9. The molecule has 0 aliphatic heterocycles. The van der Waals surface area contributed by atoms with E-state index in [9.17, 15) is 9.59 Å². The molecule has 0 spiro atoms. The van der Waals surface area contributed by atoms with Crippen molar-refractivity contribution in [3.8, 4) is 0 Å². The van der Waals surface area contributed by atoms with Crippen LogP contribution in [0, 0.1) is 0 Å². The van der Waals surface area contributed by atoms with Crippen LogP contribution in [0.5, 0.6) is 0 Å². The summed E-state index contributed by atoms with van der Waals surface area (Å²) >= 11 is 0.